The van der Waals surface area contributed by atoms with Crippen LogP contribution in [0.5, 0.6) is 5.75 Å². The van der Waals surface area contributed by atoms with Crippen molar-refractivity contribution in [2.45, 2.75) is 101 Å². The van der Waals surface area contributed by atoms with E-state index in [-0.39, 0.29) is 29.0 Å². The second kappa shape index (κ2) is 12.2. The lowest BCUT2D eigenvalue weighted by molar-refractivity contribution is -0.137. The Morgan fingerprint density at radius 1 is 1.08 bits per heavy atom. The summed E-state index contributed by atoms with van der Waals surface area (Å²) in [5, 5.41) is 4.77. The molecule has 2 N–H and O–H groups in total. The summed E-state index contributed by atoms with van der Waals surface area (Å²) in [5.41, 5.74) is 6.82. The van der Waals surface area contributed by atoms with Crippen molar-refractivity contribution in [3.05, 3.63) is 63.9 Å². The first-order valence-electron chi connectivity index (χ1n) is 18.2. The molecule has 2 amide bonds. The van der Waals surface area contributed by atoms with E-state index in [2.05, 4.69) is 49.9 Å². The highest BCUT2D eigenvalue weighted by Crippen LogP contribution is 2.55. The number of methoxy groups -OCH3 is 1. The molecule has 48 heavy (non-hydrogen) atoms. The van der Waals surface area contributed by atoms with Crippen molar-refractivity contribution in [3.63, 3.8) is 0 Å². The summed E-state index contributed by atoms with van der Waals surface area (Å²) >= 11 is 0. The van der Waals surface area contributed by atoms with Crippen molar-refractivity contribution in [1.82, 2.24) is 19.5 Å². The molecule has 10 heteroatoms. The van der Waals surface area contributed by atoms with Gasteiger partial charge in [-0.2, -0.15) is 0 Å². The molecule has 3 aliphatic carbocycles. The Labute approximate surface area is 283 Å². The average Bonchev–Trinajstić information content (AvgIpc) is 3.47. The largest absolute Gasteiger partial charge is 0.496 e. The second-order valence-corrected chi connectivity index (χ2v) is 16.7. The molecule has 2 aromatic rings. The summed E-state index contributed by atoms with van der Waals surface area (Å²) < 4.78 is 36.0. The lowest BCUT2D eigenvalue weighted by atomic mass is 9.75. The van der Waals surface area contributed by atoms with E-state index in [9.17, 15) is 18.0 Å². The molecular weight excluding hydrogens is 625 g/mol. The highest BCUT2D eigenvalue weighted by Gasteiger charge is 2.49. The topological polar surface area (TPSA) is 110 Å². The zero-order valence-electron chi connectivity index (χ0n) is 28.3. The molecule has 1 unspecified atom stereocenters. The molecule has 3 fully saturated rings. The molecule has 6 aliphatic rings. The highest BCUT2D eigenvalue weighted by atomic mass is 32.2. The summed E-state index contributed by atoms with van der Waals surface area (Å²) in [6, 6.07) is 6.56. The number of carbonyl (C=O) groups excluding carboxylic acids is 2. The molecule has 1 aromatic carbocycles. The number of benzene rings is 1. The fourth-order valence-electron chi connectivity index (χ4n) is 9.71. The molecular formula is C38H48N4O5S. The molecule has 1 aromatic heterocycles. The fraction of sp³-hybridized carbons (Fsp3) is 0.579. The minimum Gasteiger partial charge on any atom is -0.496 e. The molecule has 2 atom stereocenters. The third-order valence-electron chi connectivity index (χ3n) is 12.1. The predicted octanol–water partition coefficient (Wildman–Crippen LogP) is 5.58. The fourth-order valence-corrected chi connectivity index (χ4v) is 10.7. The normalized spacial score (nSPS) is 25.2. The van der Waals surface area contributed by atoms with Crippen molar-refractivity contribution in [1.29, 1.82) is 0 Å². The van der Waals surface area contributed by atoms with Crippen LogP contribution in [0.2, 0.25) is 0 Å². The van der Waals surface area contributed by atoms with Gasteiger partial charge in [0.2, 0.25) is 15.9 Å². The predicted molar refractivity (Wildman–Crippen MR) is 186 cm³/mol. The van der Waals surface area contributed by atoms with Crippen molar-refractivity contribution in [2.24, 2.45) is 5.92 Å². The number of ether oxygens (including phenoxy) is 1. The first-order chi connectivity index (χ1) is 23.2. The quantitative estimate of drug-likeness (QED) is 0.398. The summed E-state index contributed by atoms with van der Waals surface area (Å²) in [4.78, 5) is 30.3. The van der Waals surface area contributed by atoms with Crippen molar-refractivity contribution in [2.75, 3.05) is 32.5 Å². The number of allylic oxidation sites excluding steroid dienone is 4. The van der Waals surface area contributed by atoms with Crippen LogP contribution in [0.1, 0.15) is 101 Å². The van der Waals surface area contributed by atoms with Crippen molar-refractivity contribution in [3.8, 4) is 5.75 Å². The van der Waals surface area contributed by atoms with Gasteiger partial charge < -0.3 is 19.5 Å². The minimum atomic E-state index is -3.74. The van der Waals surface area contributed by atoms with Crippen LogP contribution in [-0.2, 0) is 26.2 Å². The monoisotopic (exact) mass is 672 g/mol. The third-order valence-corrected chi connectivity index (χ3v) is 13.6. The second-order valence-electron chi connectivity index (χ2n) is 14.9. The van der Waals surface area contributed by atoms with Crippen LogP contribution in [0.4, 0.5) is 0 Å². The molecule has 256 valence electrons. The van der Waals surface area contributed by atoms with Gasteiger partial charge in [0.25, 0.3) is 5.91 Å². The van der Waals surface area contributed by atoms with Gasteiger partial charge in [-0.25, -0.2) is 13.1 Å². The van der Waals surface area contributed by atoms with Gasteiger partial charge >= 0.3 is 0 Å². The Bertz CT molecular complexity index is 1860. The van der Waals surface area contributed by atoms with Crippen LogP contribution >= 0.6 is 0 Å². The van der Waals surface area contributed by atoms with E-state index in [4.69, 9.17) is 4.74 Å². The molecule has 3 aliphatic heterocycles. The average molecular weight is 673 g/mol. The van der Waals surface area contributed by atoms with Gasteiger partial charge in [0.05, 0.1) is 29.9 Å². The van der Waals surface area contributed by atoms with Crippen LogP contribution in [0.15, 0.2) is 52.6 Å². The van der Waals surface area contributed by atoms with Gasteiger partial charge in [0, 0.05) is 42.2 Å². The Morgan fingerprint density at radius 2 is 1.88 bits per heavy atom. The van der Waals surface area contributed by atoms with E-state index in [1.807, 2.05) is 0 Å². The first-order valence-corrected chi connectivity index (χ1v) is 19.8. The maximum atomic E-state index is 14.6. The van der Waals surface area contributed by atoms with Gasteiger partial charge in [-0.1, -0.05) is 44.4 Å². The number of nitrogens with zero attached hydrogens (tertiary/aromatic N) is 2. The highest BCUT2D eigenvalue weighted by molar-refractivity contribution is 7.90. The third kappa shape index (κ3) is 5.34. The summed E-state index contributed by atoms with van der Waals surface area (Å²) in [5.74, 6) is 0.182. The molecule has 8 rings (SSSR count). The number of rotatable bonds is 7. The number of sulfonamides is 1. The minimum absolute atomic E-state index is 0.101. The van der Waals surface area contributed by atoms with Crippen molar-refractivity contribution < 1.29 is 22.7 Å². The van der Waals surface area contributed by atoms with E-state index in [0.717, 1.165) is 84.4 Å². The lowest BCUT2D eigenvalue weighted by Gasteiger charge is -2.42. The number of aromatic nitrogens is 1. The summed E-state index contributed by atoms with van der Waals surface area (Å²) in [6.07, 6.45) is 15.5. The standard InChI is InChI=1S/C38H48N4O5S/c1-3-21-48(45,46)40-36(43)34-29-23-42-30(22-28-31(47-2)14-13-25(35(28)42)24-9-5-4-6-10-24)32-26(33(29)34)11-7-12-27(32)37(44)41-19-16-38(17-20-41)15-8-18-39-38/h7,11,13-14,22,24,27,32,39H,3-6,8-10,12,15-21,23H2,1-2H3,(H,40,43)/t27-,32?/m1/s1. The van der Waals surface area contributed by atoms with Crippen LogP contribution in [0.25, 0.3) is 10.9 Å². The van der Waals surface area contributed by atoms with Gasteiger partial charge in [0.1, 0.15) is 5.75 Å². The summed E-state index contributed by atoms with van der Waals surface area (Å²) in [6.45, 7) is 4.81. The van der Waals surface area contributed by atoms with Gasteiger partial charge in [0.15, 0.2) is 0 Å². The van der Waals surface area contributed by atoms with Gasteiger partial charge in [-0.15, -0.1) is 0 Å². The lowest BCUT2D eigenvalue weighted by Crippen LogP contribution is -2.53. The summed E-state index contributed by atoms with van der Waals surface area (Å²) in [7, 11) is -2.03. The van der Waals surface area contributed by atoms with Crippen LogP contribution in [-0.4, -0.2) is 67.7 Å². The number of piperidine rings is 1. The van der Waals surface area contributed by atoms with Crippen LogP contribution < -0.4 is 14.8 Å². The number of nitrogens with one attached hydrogen (secondary N) is 2. The maximum absolute atomic E-state index is 14.6. The molecule has 0 bridgehead atoms. The van der Waals surface area contributed by atoms with Crippen LogP contribution in [0.3, 0.4) is 0 Å². The first kappa shape index (κ1) is 31.9. The van der Waals surface area contributed by atoms with Gasteiger partial charge in [-0.05, 0) is 98.2 Å². The van der Waals surface area contributed by atoms with Crippen molar-refractivity contribution >= 4 is 32.7 Å². The number of amides is 2. The number of carbonyl (C=O) groups is 2. The molecule has 0 radical (unpaired) electrons. The zero-order chi connectivity index (χ0) is 33.2. The Morgan fingerprint density at radius 3 is 2.58 bits per heavy atom. The SMILES string of the molecule is CCCS(=O)(=O)NC(=O)C1=C2Cn3c(cc4c(OC)ccc(C5CCCCC5)c43)C3C(=C21)C=CC[C@H]3C(=O)N1CCC2(CCCN2)CC1. The number of hydrogen-bond donors (Lipinski definition) is 2. The number of fused-ring (bicyclic) bond motifs is 6. The maximum Gasteiger partial charge on any atom is 0.265 e. The van der Waals surface area contributed by atoms with E-state index >= 15 is 0 Å². The Kier molecular flexibility index (Phi) is 8.10. The smallest absolute Gasteiger partial charge is 0.265 e. The number of likely N-dealkylation sites (tertiary alicyclic amines) is 1. The van der Waals surface area contributed by atoms with Gasteiger partial charge in [-0.3, -0.25) is 9.59 Å². The molecule has 1 spiro atoms. The molecule has 2 saturated heterocycles. The Hall–Kier alpha value is -3.37. The van der Waals surface area contributed by atoms with Crippen LogP contribution in [0, 0.1) is 5.92 Å². The van der Waals surface area contributed by atoms with E-state index in [0.29, 0.717) is 30.9 Å². The zero-order valence-corrected chi connectivity index (χ0v) is 29.1. The van der Waals surface area contributed by atoms with E-state index < -0.39 is 15.9 Å². The molecule has 9 nitrogen and oxygen atoms in total. The molecule has 4 heterocycles. The van der Waals surface area contributed by atoms with E-state index in [1.54, 1.807) is 14.0 Å². The number of hydrogen-bond acceptors (Lipinski definition) is 6. The molecule has 1 saturated carbocycles. The Balaban J connectivity index is 1.24. The van der Waals surface area contributed by atoms with E-state index in [1.165, 1.54) is 37.7 Å².